The van der Waals surface area contributed by atoms with Gasteiger partial charge in [-0.25, -0.2) is 0 Å². The molecule has 16 heavy (non-hydrogen) atoms. The number of aromatic amines is 1. The number of nitrogens with one attached hydrogen (secondary N) is 2. The number of rotatable bonds is 3. The van der Waals surface area contributed by atoms with Crippen LogP contribution in [0.3, 0.4) is 0 Å². The third-order valence-corrected chi connectivity index (χ3v) is 2.88. The molecule has 1 amide bonds. The number of thiazole rings is 1. The summed E-state index contributed by atoms with van der Waals surface area (Å²) >= 11 is 6.69. The van der Waals surface area contributed by atoms with Gasteiger partial charge in [0.2, 0.25) is 5.22 Å². The van der Waals surface area contributed by atoms with E-state index >= 15 is 0 Å². The number of furan rings is 1. The van der Waals surface area contributed by atoms with E-state index in [2.05, 4.69) is 10.3 Å². The molecule has 0 saturated heterocycles. The SMILES string of the molecule is O=C(NCc1csc(=O)[nH]1)c1ccoc1Cl. The Kier molecular flexibility index (Phi) is 3.12. The predicted octanol–water partition coefficient (Wildman–Crippen LogP) is 1.61. The fourth-order valence-electron chi connectivity index (χ4n) is 1.13. The van der Waals surface area contributed by atoms with Crippen molar-refractivity contribution in [2.45, 2.75) is 6.54 Å². The summed E-state index contributed by atoms with van der Waals surface area (Å²) in [6.07, 6.45) is 1.34. The summed E-state index contributed by atoms with van der Waals surface area (Å²) in [5, 5.41) is 4.31. The lowest BCUT2D eigenvalue weighted by Crippen LogP contribution is -2.23. The molecule has 0 atom stereocenters. The Hall–Kier alpha value is -1.53. The minimum Gasteiger partial charge on any atom is -0.452 e. The van der Waals surface area contributed by atoms with E-state index in [9.17, 15) is 9.59 Å². The molecule has 0 bridgehead atoms. The summed E-state index contributed by atoms with van der Waals surface area (Å²) in [5.74, 6) is -0.342. The van der Waals surface area contributed by atoms with Crippen molar-refractivity contribution in [3.8, 4) is 0 Å². The van der Waals surface area contributed by atoms with Crippen molar-refractivity contribution < 1.29 is 9.21 Å². The fourth-order valence-corrected chi connectivity index (χ4v) is 1.91. The molecule has 0 spiro atoms. The lowest BCUT2D eigenvalue weighted by molar-refractivity contribution is 0.0950. The molecule has 2 heterocycles. The van der Waals surface area contributed by atoms with E-state index in [0.717, 1.165) is 11.3 Å². The Morgan fingerprint density at radius 1 is 1.62 bits per heavy atom. The van der Waals surface area contributed by atoms with E-state index < -0.39 is 0 Å². The van der Waals surface area contributed by atoms with Gasteiger partial charge in [0, 0.05) is 11.1 Å². The molecule has 5 nitrogen and oxygen atoms in total. The number of carbonyl (C=O) groups is 1. The van der Waals surface area contributed by atoms with Crippen LogP contribution < -0.4 is 10.2 Å². The second-order valence-electron chi connectivity index (χ2n) is 2.96. The highest BCUT2D eigenvalue weighted by atomic mass is 35.5. The molecule has 2 rings (SSSR count). The molecule has 0 saturated carbocycles. The predicted molar refractivity (Wildman–Crippen MR) is 59.8 cm³/mol. The molecule has 0 aliphatic rings. The van der Waals surface area contributed by atoms with Crippen molar-refractivity contribution in [1.29, 1.82) is 0 Å². The number of carbonyl (C=O) groups excluding carboxylic acids is 1. The van der Waals surface area contributed by atoms with E-state index in [0.29, 0.717) is 5.69 Å². The monoisotopic (exact) mass is 258 g/mol. The lowest BCUT2D eigenvalue weighted by Gasteiger charge is -2.00. The zero-order chi connectivity index (χ0) is 11.5. The van der Waals surface area contributed by atoms with Gasteiger partial charge >= 0.3 is 4.87 Å². The maximum atomic E-state index is 11.6. The smallest absolute Gasteiger partial charge is 0.304 e. The average molecular weight is 259 g/mol. The van der Waals surface area contributed by atoms with Crippen molar-refractivity contribution in [3.05, 3.63) is 43.9 Å². The highest BCUT2D eigenvalue weighted by Crippen LogP contribution is 2.16. The van der Waals surface area contributed by atoms with Gasteiger partial charge in [-0.05, 0) is 17.7 Å². The third-order valence-electron chi connectivity index (χ3n) is 1.87. The second-order valence-corrected chi connectivity index (χ2v) is 4.15. The number of aromatic nitrogens is 1. The van der Waals surface area contributed by atoms with Crippen LogP contribution in [0.2, 0.25) is 5.22 Å². The molecular weight excluding hydrogens is 252 g/mol. The highest BCUT2D eigenvalue weighted by molar-refractivity contribution is 7.07. The number of halogens is 1. The van der Waals surface area contributed by atoms with Gasteiger partial charge in [0.05, 0.1) is 18.4 Å². The van der Waals surface area contributed by atoms with Crippen LogP contribution in [-0.4, -0.2) is 10.9 Å². The summed E-state index contributed by atoms with van der Waals surface area (Å²) in [7, 11) is 0. The minimum atomic E-state index is -0.342. The lowest BCUT2D eigenvalue weighted by atomic mass is 10.3. The Balaban J connectivity index is 1.99. The molecule has 2 aromatic heterocycles. The number of amides is 1. The normalized spacial score (nSPS) is 10.3. The summed E-state index contributed by atoms with van der Waals surface area (Å²) in [6, 6.07) is 1.48. The van der Waals surface area contributed by atoms with E-state index in [4.69, 9.17) is 16.0 Å². The zero-order valence-electron chi connectivity index (χ0n) is 7.95. The van der Waals surface area contributed by atoms with Crippen molar-refractivity contribution in [2.75, 3.05) is 0 Å². The first-order valence-corrected chi connectivity index (χ1v) is 5.60. The van der Waals surface area contributed by atoms with Crippen LogP contribution in [0.4, 0.5) is 0 Å². The van der Waals surface area contributed by atoms with Gasteiger partial charge in [0.25, 0.3) is 5.91 Å². The van der Waals surface area contributed by atoms with Gasteiger partial charge < -0.3 is 14.7 Å². The molecule has 0 aromatic carbocycles. The topological polar surface area (TPSA) is 75.1 Å². The van der Waals surface area contributed by atoms with Gasteiger partial charge in [0.15, 0.2) is 0 Å². The number of H-pyrrole nitrogens is 1. The first-order chi connectivity index (χ1) is 7.66. The summed E-state index contributed by atoms with van der Waals surface area (Å²) < 4.78 is 4.79. The van der Waals surface area contributed by atoms with Gasteiger partial charge in [-0.3, -0.25) is 9.59 Å². The molecule has 0 unspecified atom stereocenters. The first kappa shape index (κ1) is 11.0. The first-order valence-electron chi connectivity index (χ1n) is 4.34. The van der Waals surface area contributed by atoms with Crippen LogP contribution in [0.1, 0.15) is 16.1 Å². The van der Waals surface area contributed by atoms with Gasteiger partial charge in [-0.1, -0.05) is 11.3 Å². The Bertz CT molecular complexity index is 557. The van der Waals surface area contributed by atoms with Gasteiger partial charge in [-0.15, -0.1) is 0 Å². The van der Waals surface area contributed by atoms with Crippen LogP contribution in [0, 0.1) is 0 Å². The standard InChI is InChI=1S/C9H7ClN2O3S/c10-7-6(1-2-15-7)8(13)11-3-5-4-16-9(14)12-5/h1-2,4H,3H2,(H,11,13)(H,12,14). The number of hydrogen-bond donors (Lipinski definition) is 2. The zero-order valence-corrected chi connectivity index (χ0v) is 9.52. The van der Waals surface area contributed by atoms with Crippen molar-refractivity contribution in [2.24, 2.45) is 0 Å². The quantitative estimate of drug-likeness (QED) is 0.878. The van der Waals surface area contributed by atoms with E-state index in [-0.39, 0.29) is 28.1 Å². The maximum Gasteiger partial charge on any atom is 0.304 e. The molecular formula is C9H7ClN2O3S. The van der Waals surface area contributed by atoms with Crippen LogP contribution >= 0.6 is 22.9 Å². The minimum absolute atomic E-state index is 0.0521. The Labute approximate surface area is 99.0 Å². The molecule has 84 valence electrons. The fraction of sp³-hybridized carbons (Fsp3) is 0.111. The molecule has 2 aromatic rings. The summed E-state index contributed by atoms with van der Waals surface area (Å²) in [6.45, 7) is 0.249. The van der Waals surface area contributed by atoms with E-state index in [1.807, 2.05) is 0 Å². The summed E-state index contributed by atoms with van der Waals surface area (Å²) in [4.78, 5) is 24.8. The van der Waals surface area contributed by atoms with Crippen molar-refractivity contribution in [1.82, 2.24) is 10.3 Å². The second kappa shape index (κ2) is 4.54. The Morgan fingerprint density at radius 3 is 3.00 bits per heavy atom. The Morgan fingerprint density at radius 2 is 2.44 bits per heavy atom. The van der Waals surface area contributed by atoms with Crippen LogP contribution in [0.15, 0.2) is 26.9 Å². The highest BCUT2D eigenvalue weighted by Gasteiger charge is 2.12. The van der Waals surface area contributed by atoms with E-state index in [1.54, 1.807) is 5.38 Å². The molecule has 0 aliphatic heterocycles. The average Bonchev–Trinajstić information content (AvgIpc) is 2.84. The van der Waals surface area contributed by atoms with Crippen molar-refractivity contribution >= 4 is 28.8 Å². The molecule has 0 aliphatic carbocycles. The number of hydrogen-bond acceptors (Lipinski definition) is 4. The van der Waals surface area contributed by atoms with Crippen LogP contribution in [0.25, 0.3) is 0 Å². The van der Waals surface area contributed by atoms with Gasteiger partial charge in [0.1, 0.15) is 0 Å². The van der Waals surface area contributed by atoms with Gasteiger partial charge in [-0.2, -0.15) is 0 Å². The third kappa shape index (κ3) is 2.34. The molecule has 2 N–H and O–H groups in total. The molecule has 0 radical (unpaired) electrons. The molecule has 0 fully saturated rings. The van der Waals surface area contributed by atoms with Crippen molar-refractivity contribution in [3.63, 3.8) is 0 Å². The van der Waals surface area contributed by atoms with Crippen LogP contribution in [-0.2, 0) is 6.54 Å². The van der Waals surface area contributed by atoms with Crippen LogP contribution in [0.5, 0.6) is 0 Å². The maximum absolute atomic E-state index is 11.6. The largest absolute Gasteiger partial charge is 0.452 e. The summed E-state index contributed by atoms with van der Waals surface area (Å²) in [5.41, 5.74) is 0.933. The molecule has 7 heteroatoms. The van der Waals surface area contributed by atoms with E-state index in [1.165, 1.54) is 12.3 Å².